The van der Waals surface area contributed by atoms with Crippen LogP contribution in [0.3, 0.4) is 0 Å². The second kappa shape index (κ2) is 19.1. The maximum atomic E-state index is 2.39. The second-order valence-electron chi connectivity index (χ2n) is 19.8. The molecule has 1 heterocycles. The Kier molecular flexibility index (Phi) is 11.2. The third kappa shape index (κ3) is 8.38. The van der Waals surface area contributed by atoms with Gasteiger partial charge in [0.1, 0.15) is 0 Å². The van der Waals surface area contributed by atoms with Crippen LogP contribution >= 0.6 is 0 Å². The Hall–Kier alpha value is -10.0. The molecule has 76 heavy (non-hydrogen) atoms. The first-order valence-corrected chi connectivity index (χ1v) is 26.1. The summed E-state index contributed by atoms with van der Waals surface area (Å²) < 4.78 is 2.39. The average molecular weight is 967 g/mol. The van der Waals surface area contributed by atoms with Gasteiger partial charge in [0, 0.05) is 33.5 Å². The Morgan fingerprint density at radius 1 is 0.197 bits per heavy atom. The molecule has 0 aliphatic heterocycles. The van der Waals surface area contributed by atoms with Crippen molar-refractivity contribution in [2.24, 2.45) is 0 Å². The van der Waals surface area contributed by atoms with Crippen molar-refractivity contribution in [2.45, 2.75) is 0 Å². The summed E-state index contributed by atoms with van der Waals surface area (Å²) in [5.74, 6) is 0. The zero-order valence-electron chi connectivity index (χ0n) is 41.8. The maximum Gasteiger partial charge on any atom is 0.0541 e. The lowest BCUT2D eigenvalue weighted by molar-refractivity contribution is 1.18. The number of rotatable bonds is 10. The zero-order valence-corrected chi connectivity index (χ0v) is 41.8. The van der Waals surface area contributed by atoms with Crippen LogP contribution in [0.15, 0.2) is 303 Å². The van der Waals surface area contributed by atoms with Crippen molar-refractivity contribution in [2.75, 3.05) is 4.90 Å². The summed E-state index contributed by atoms with van der Waals surface area (Å²) in [6, 6.07) is 111. The van der Waals surface area contributed by atoms with Crippen LogP contribution in [0.4, 0.5) is 17.1 Å². The summed E-state index contributed by atoms with van der Waals surface area (Å²) in [4.78, 5) is 2.37. The third-order valence-corrected chi connectivity index (χ3v) is 15.2. The molecule has 0 unspecified atom stereocenters. The van der Waals surface area contributed by atoms with Crippen LogP contribution in [0.1, 0.15) is 0 Å². The zero-order chi connectivity index (χ0) is 50.4. The Labute approximate surface area is 443 Å². The van der Waals surface area contributed by atoms with E-state index in [4.69, 9.17) is 0 Å². The molecule has 0 saturated carbocycles. The van der Waals surface area contributed by atoms with Crippen molar-refractivity contribution in [3.8, 4) is 72.4 Å². The summed E-state index contributed by atoms with van der Waals surface area (Å²) in [6.45, 7) is 0. The van der Waals surface area contributed by atoms with Crippen molar-refractivity contribution in [3.63, 3.8) is 0 Å². The minimum absolute atomic E-state index is 1.08. The van der Waals surface area contributed by atoms with E-state index in [2.05, 4.69) is 313 Å². The van der Waals surface area contributed by atoms with Crippen LogP contribution < -0.4 is 4.90 Å². The molecule has 14 rings (SSSR count). The lowest BCUT2D eigenvalue weighted by Gasteiger charge is -2.26. The number of fused-ring (bicyclic) bond motifs is 5. The van der Waals surface area contributed by atoms with Gasteiger partial charge in [0.2, 0.25) is 0 Å². The first-order chi connectivity index (χ1) is 37.6. The van der Waals surface area contributed by atoms with Crippen LogP contribution in [-0.4, -0.2) is 4.57 Å². The van der Waals surface area contributed by atoms with Gasteiger partial charge in [-0.3, -0.25) is 0 Å². The molecule has 0 bridgehead atoms. The first kappa shape index (κ1) is 44.7. The monoisotopic (exact) mass is 966 g/mol. The summed E-state index contributed by atoms with van der Waals surface area (Å²) >= 11 is 0. The van der Waals surface area contributed by atoms with E-state index in [1.54, 1.807) is 0 Å². The number of anilines is 3. The lowest BCUT2D eigenvalue weighted by atomic mass is 9.95. The number of nitrogens with zero attached hydrogens (tertiary/aromatic N) is 2. The third-order valence-electron chi connectivity index (χ3n) is 15.2. The van der Waals surface area contributed by atoms with Crippen LogP contribution in [0.25, 0.3) is 116 Å². The minimum atomic E-state index is 1.08. The van der Waals surface area contributed by atoms with E-state index < -0.39 is 0 Å². The minimum Gasteiger partial charge on any atom is -0.311 e. The number of benzene rings is 13. The van der Waals surface area contributed by atoms with E-state index in [-0.39, 0.29) is 0 Å². The van der Waals surface area contributed by atoms with E-state index in [1.165, 1.54) is 105 Å². The van der Waals surface area contributed by atoms with Gasteiger partial charge in [-0.25, -0.2) is 0 Å². The van der Waals surface area contributed by atoms with Crippen molar-refractivity contribution in [1.29, 1.82) is 0 Å². The number of hydrogen-bond acceptors (Lipinski definition) is 1. The SMILES string of the molecule is c1ccc(-c2cccc(-c3ccc(N(c4ccc(-c5cccc(-n6c7ccccc7c7ccccc76)c5)cc4)c4ccc(-c5ccc6ccc(-c7ccc8ccc(-c9ccccc9)cc8c7)cc6c5)cc4)cc3)c2)cc1. The largest absolute Gasteiger partial charge is 0.311 e. The highest BCUT2D eigenvalue weighted by Crippen LogP contribution is 2.40. The van der Waals surface area contributed by atoms with Crippen molar-refractivity contribution < 1.29 is 0 Å². The summed E-state index contributed by atoms with van der Waals surface area (Å²) in [5, 5.41) is 7.44. The molecule has 0 aliphatic carbocycles. The van der Waals surface area contributed by atoms with E-state index in [0.717, 1.165) is 28.3 Å². The summed E-state index contributed by atoms with van der Waals surface area (Å²) in [6.07, 6.45) is 0. The summed E-state index contributed by atoms with van der Waals surface area (Å²) in [7, 11) is 0. The number of hydrogen-bond donors (Lipinski definition) is 0. The lowest BCUT2D eigenvalue weighted by Crippen LogP contribution is -2.09. The molecule has 0 radical (unpaired) electrons. The molecule has 0 amide bonds. The predicted octanol–water partition coefficient (Wildman–Crippen LogP) is 20.6. The normalized spacial score (nSPS) is 11.4. The Morgan fingerprint density at radius 2 is 0.500 bits per heavy atom. The van der Waals surface area contributed by atoms with Gasteiger partial charge in [-0.1, -0.05) is 212 Å². The van der Waals surface area contributed by atoms with Crippen molar-refractivity contribution in [1.82, 2.24) is 4.57 Å². The molecular weight excluding hydrogens is 917 g/mol. The van der Waals surface area contributed by atoms with E-state index in [0.29, 0.717) is 0 Å². The van der Waals surface area contributed by atoms with E-state index in [1.807, 2.05) is 0 Å². The highest BCUT2D eigenvalue weighted by Gasteiger charge is 2.16. The van der Waals surface area contributed by atoms with Gasteiger partial charge in [-0.05, 0) is 179 Å². The predicted molar refractivity (Wildman–Crippen MR) is 323 cm³/mol. The van der Waals surface area contributed by atoms with Crippen LogP contribution in [-0.2, 0) is 0 Å². The van der Waals surface area contributed by atoms with E-state index >= 15 is 0 Å². The van der Waals surface area contributed by atoms with Crippen molar-refractivity contribution >= 4 is 60.4 Å². The Balaban J connectivity index is 0.796. The highest BCUT2D eigenvalue weighted by atomic mass is 15.1. The topological polar surface area (TPSA) is 8.17 Å². The second-order valence-corrected chi connectivity index (χ2v) is 19.8. The molecular formula is C74H50N2. The fourth-order valence-electron chi connectivity index (χ4n) is 11.2. The number of para-hydroxylation sites is 2. The van der Waals surface area contributed by atoms with Gasteiger partial charge in [0.15, 0.2) is 0 Å². The molecule has 0 aliphatic rings. The average Bonchev–Trinajstić information content (AvgIpc) is 3.85. The molecule has 0 saturated heterocycles. The molecule has 356 valence electrons. The Bertz CT molecular complexity index is 4370. The highest BCUT2D eigenvalue weighted by molar-refractivity contribution is 6.09. The van der Waals surface area contributed by atoms with Gasteiger partial charge in [0.25, 0.3) is 0 Å². The quantitative estimate of drug-likeness (QED) is 0.133. The molecule has 0 N–H and O–H groups in total. The molecule has 1 aromatic heterocycles. The molecule has 14 aromatic rings. The first-order valence-electron chi connectivity index (χ1n) is 26.1. The molecule has 13 aromatic carbocycles. The van der Waals surface area contributed by atoms with Crippen LogP contribution in [0, 0.1) is 0 Å². The molecule has 2 heteroatoms. The van der Waals surface area contributed by atoms with Crippen LogP contribution in [0.2, 0.25) is 0 Å². The van der Waals surface area contributed by atoms with Gasteiger partial charge >= 0.3 is 0 Å². The van der Waals surface area contributed by atoms with Crippen molar-refractivity contribution in [3.05, 3.63) is 303 Å². The van der Waals surface area contributed by atoms with Gasteiger partial charge in [0.05, 0.1) is 11.0 Å². The standard InChI is InChI=1S/C74H50N2/c1-3-13-51(14-4-1)58-17-11-18-59(45-58)53-33-39-67(40-34-53)75(68-41-35-54(36-42-68)60-19-12-20-70(50-60)76-73-23-9-7-21-71(73)72-22-8-10-24-74(72)76)69-43-37-55(38-44-69)62-30-26-57-28-32-64(49-66(57)47-62)63-31-27-56-25-29-61(46-65(56)48-63)52-15-5-2-6-16-52/h1-50H. The maximum absolute atomic E-state index is 2.39. The molecule has 0 fully saturated rings. The smallest absolute Gasteiger partial charge is 0.0541 e. The van der Waals surface area contributed by atoms with Gasteiger partial charge in [-0.2, -0.15) is 0 Å². The molecule has 0 spiro atoms. The van der Waals surface area contributed by atoms with Gasteiger partial charge < -0.3 is 9.47 Å². The molecule has 2 nitrogen and oxygen atoms in total. The van der Waals surface area contributed by atoms with Gasteiger partial charge in [-0.15, -0.1) is 0 Å². The Morgan fingerprint density at radius 3 is 0.921 bits per heavy atom. The van der Waals surface area contributed by atoms with Crippen LogP contribution in [0.5, 0.6) is 0 Å². The fourth-order valence-corrected chi connectivity index (χ4v) is 11.2. The van der Waals surface area contributed by atoms with E-state index in [9.17, 15) is 0 Å². The number of aromatic nitrogens is 1. The molecule has 0 atom stereocenters. The summed E-state index contributed by atoms with van der Waals surface area (Å²) in [5.41, 5.74) is 21.1. The fraction of sp³-hybridized carbons (Fsp3) is 0.